The Morgan fingerprint density at radius 1 is 1.25 bits per heavy atom. The molecule has 0 saturated carbocycles. The number of halogens is 2. The molecule has 3 nitrogen and oxygen atoms in total. The van der Waals surface area contributed by atoms with Gasteiger partial charge < -0.3 is 14.5 Å². The first-order valence-corrected chi connectivity index (χ1v) is 7.23. The van der Waals surface area contributed by atoms with Crippen LogP contribution in [0.4, 0.5) is 0 Å². The fourth-order valence-corrected chi connectivity index (χ4v) is 2.36. The number of hydrogen-bond acceptors (Lipinski definition) is 3. The van der Waals surface area contributed by atoms with E-state index < -0.39 is 0 Å². The Kier molecular flexibility index (Phi) is 5.35. The van der Waals surface area contributed by atoms with Crippen LogP contribution < -0.4 is 10.1 Å². The van der Waals surface area contributed by atoms with Crippen LogP contribution in [0, 0.1) is 0 Å². The van der Waals surface area contributed by atoms with Crippen molar-refractivity contribution in [1.82, 2.24) is 5.32 Å². The molecule has 0 radical (unpaired) electrons. The van der Waals surface area contributed by atoms with Crippen molar-refractivity contribution in [2.75, 3.05) is 13.7 Å². The van der Waals surface area contributed by atoms with Gasteiger partial charge in [-0.1, -0.05) is 24.6 Å². The van der Waals surface area contributed by atoms with E-state index >= 15 is 0 Å². The molecule has 5 heteroatoms. The highest BCUT2D eigenvalue weighted by Gasteiger charge is 2.18. The maximum atomic E-state index is 6.07. The number of ether oxygens (including phenoxy) is 1. The van der Waals surface area contributed by atoms with E-state index in [2.05, 4.69) is 12.2 Å². The molecule has 108 valence electrons. The van der Waals surface area contributed by atoms with Crippen LogP contribution in [0.25, 0.3) is 0 Å². The molecular formula is C15H17Cl2NO2. The minimum Gasteiger partial charge on any atom is -0.495 e. The first-order chi connectivity index (χ1) is 9.65. The van der Waals surface area contributed by atoms with Crippen molar-refractivity contribution >= 4 is 23.2 Å². The van der Waals surface area contributed by atoms with E-state index in [4.69, 9.17) is 32.4 Å². The van der Waals surface area contributed by atoms with Crippen LogP contribution in [0.3, 0.4) is 0 Å². The summed E-state index contributed by atoms with van der Waals surface area (Å²) in [5.74, 6) is 1.41. The molecule has 0 saturated heterocycles. The number of methoxy groups -OCH3 is 1. The molecule has 1 aromatic carbocycles. The van der Waals surface area contributed by atoms with E-state index in [0.29, 0.717) is 16.0 Å². The van der Waals surface area contributed by atoms with Gasteiger partial charge in [0.2, 0.25) is 0 Å². The lowest BCUT2D eigenvalue weighted by molar-refractivity contribution is 0.411. The molecule has 0 bridgehead atoms. The lowest BCUT2D eigenvalue weighted by atomic mass is 10.0. The Morgan fingerprint density at radius 3 is 2.65 bits per heavy atom. The Balaban J connectivity index is 2.35. The van der Waals surface area contributed by atoms with Crippen LogP contribution in [-0.4, -0.2) is 13.7 Å². The first kappa shape index (κ1) is 15.2. The molecular weight excluding hydrogens is 297 g/mol. The average molecular weight is 314 g/mol. The average Bonchev–Trinajstić information content (AvgIpc) is 2.87. The maximum Gasteiger partial charge on any atom is 0.193 e. The van der Waals surface area contributed by atoms with E-state index in [0.717, 1.165) is 24.3 Å². The van der Waals surface area contributed by atoms with Gasteiger partial charge in [0.1, 0.15) is 11.5 Å². The minimum absolute atomic E-state index is 0.0754. The lowest BCUT2D eigenvalue weighted by Gasteiger charge is -2.18. The van der Waals surface area contributed by atoms with E-state index in [1.165, 1.54) is 0 Å². The molecule has 1 atom stereocenters. The van der Waals surface area contributed by atoms with Crippen molar-refractivity contribution in [2.24, 2.45) is 0 Å². The van der Waals surface area contributed by atoms with Crippen molar-refractivity contribution in [1.29, 1.82) is 0 Å². The number of furan rings is 1. The largest absolute Gasteiger partial charge is 0.495 e. The molecule has 0 spiro atoms. The van der Waals surface area contributed by atoms with Crippen molar-refractivity contribution in [3.63, 3.8) is 0 Å². The third-order valence-corrected chi connectivity index (χ3v) is 3.50. The molecule has 0 fully saturated rings. The molecule has 2 aromatic rings. The number of hydrogen-bond donors (Lipinski definition) is 1. The molecule has 0 amide bonds. The molecule has 1 heterocycles. The smallest absolute Gasteiger partial charge is 0.193 e. The van der Waals surface area contributed by atoms with Crippen LogP contribution in [0.2, 0.25) is 10.2 Å². The summed E-state index contributed by atoms with van der Waals surface area (Å²) in [6.07, 6.45) is 1.02. The van der Waals surface area contributed by atoms with Gasteiger partial charge in [-0.2, -0.15) is 0 Å². The highest BCUT2D eigenvalue weighted by Crippen LogP contribution is 2.31. The number of nitrogens with one attached hydrogen (secondary N) is 1. The van der Waals surface area contributed by atoms with E-state index in [1.54, 1.807) is 13.2 Å². The van der Waals surface area contributed by atoms with Crippen molar-refractivity contribution in [3.05, 3.63) is 51.9 Å². The zero-order chi connectivity index (χ0) is 14.5. The van der Waals surface area contributed by atoms with Gasteiger partial charge in [0, 0.05) is 0 Å². The fraction of sp³-hybridized carbons (Fsp3) is 0.333. The minimum atomic E-state index is -0.0754. The lowest BCUT2D eigenvalue weighted by Crippen LogP contribution is -2.22. The Labute approximate surface area is 128 Å². The molecule has 1 unspecified atom stereocenters. The molecule has 1 N–H and O–H groups in total. The predicted molar refractivity (Wildman–Crippen MR) is 81.9 cm³/mol. The van der Waals surface area contributed by atoms with Crippen molar-refractivity contribution in [3.8, 4) is 5.75 Å². The third-order valence-electron chi connectivity index (χ3n) is 2.99. The fourth-order valence-electron chi connectivity index (χ4n) is 2.01. The van der Waals surface area contributed by atoms with Gasteiger partial charge in [-0.3, -0.25) is 0 Å². The second-order valence-corrected chi connectivity index (χ2v) is 5.20. The van der Waals surface area contributed by atoms with Crippen LogP contribution in [-0.2, 0) is 0 Å². The summed E-state index contributed by atoms with van der Waals surface area (Å²) in [5.41, 5.74) is 1.02. The highest BCUT2D eigenvalue weighted by atomic mass is 35.5. The molecule has 0 aliphatic rings. The summed E-state index contributed by atoms with van der Waals surface area (Å²) in [6, 6.07) is 9.22. The SMILES string of the molecule is CCCNC(c1ccc(Cl)c(OC)c1)c1ccc(Cl)o1. The van der Waals surface area contributed by atoms with Crippen LogP contribution in [0.1, 0.15) is 30.7 Å². The quantitative estimate of drug-likeness (QED) is 0.840. The molecule has 0 aliphatic carbocycles. The molecule has 2 rings (SSSR count). The van der Waals surface area contributed by atoms with Crippen molar-refractivity contribution < 1.29 is 9.15 Å². The highest BCUT2D eigenvalue weighted by molar-refractivity contribution is 6.32. The summed E-state index contributed by atoms with van der Waals surface area (Å²) in [7, 11) is 1.60. The summed E-state index contributed by atoms with van der Waals surface area (Å²) >= 11 is 11.9. The summed E-state index contributed by atoms with van der Waals surface area (Å²) in [5, 5.41) is 4.40. The second kappa shape index (κ2) is 7.02. The van der Waals surface area contributed by atoms with Crippen molar-refractivity contribution in [2.45, 2.75) is 19.4 Å². The zero-order valence-corrected chi connectivity index (χ0v) is 13.0. The van der Waals surface area contributed by atoms with Gasteiger partial charge in [0.15, 0.2) is 5.22 Å². The zero-order valence-electron chi connectivity index (χ0n) is 11.5. The van der Waals surface area contributed by atoms with Gasteiger partial charge in [-0.25, -0.2) is 0 Å². The van der Waals surface area contributed by atoms with E-state index in [-0.39, 0.29) is 6.04 Å². The Bertz CT molecular complexity index is 569. The topological polar surface area (TPSA) is 34.4 Å². The van der Waals surface area contributed by atoms with Gasteiger partial charge in [0.25, 0.3) is 0 Å². The maximum absolute atomic E-state index is 6.07. The van der Waals surface area contributed by atoms with Gasteiger partial charge in [-0.15, -0.1) is 0 Å². The third kappa shape index (κ3) is 3.48. The number of rotatable bonds is 6. The van der Waals surface area contributed by atoms with E-state index in [1.807, 2.05) is 24.3 Å². The van der Waals surface area contributed by atoms with Gasteiger partial charge in [-0.05, 0) is 54.4 Å². The van der Waals surface area contributed by atoms with Gasteiger partial charge >= 0.3 is 0 Å². The van der Waals surface area contributed by atoms with Crippen LogP contribution in [0.15, 0.2) is 34.7 Å². The summed E-state index contributed by atoms with van der Waals surface area (Å²) in [4.78, 5) is 0. The second-order valence-electron chi connectivity index (χ2n) is 4.42. The van der Waals surface area contributed by atoms with E-state index in [9.17, 15) is 0 Å². The first-order valence-electron chi connectivity index (χ1n) is 6.47. The normalized spacial score (nSPS) is 12.4. The monoisotopic (exact) mass is 313 g/mol. The van der Waals surface area contributed by atoms with Crippen LogP contribution >= 0.6 is 23.2 Å². The summed E-state index contributed by atoms with van der Waals surface area (Å²) in [6.45, 7) is 2.98. The Morgan fingerprint density at radius 2 is 2.05 bits per heavy atom. The summed E-state index contributed by atoms with van der Waals surface area (Å²) < 4.78 is 10.8. The standard InChI is InChI=1S/C15H17Cl2NO2/c1-3-8-18-15(12-6-7-14(17)20-12)10-4-5-11(16)13(9-10)19-2/h4-7,9,15,18H,3,8H2,1-2H3. The molecule has 1 aromatic heterocycles. The molecule has 20 heavy (non-hydrogen) atoms. The van der Waals surface area contributed by atoms with Crippen LogP contribution in [0.5, 0.6) is 5.75 Å². The number of benzene rings is 1. The van der Waals surface area contributed by atoms with Gasteiger partial charge in [0.05, 0.1) is 18.2 Å². The predicted octanol–water partition coefficient (Wildman–Crippen LogP) is 4.68. The molecule has 0 aliphatic heterocycles. The Hall–Kier alpha value is -1.16.